The normalized spacial score (nSPS) is 18.1. The quantitative estimate of drug-likeness (QED) is 0.369. The maximum absolute atomic E-state index is 11.7. The van der Waals surface area contributed by atoms with Gasteiger partial charge in [0, 0.05) is 52.3 Å². The van der Waals surface area contributed by atoms with Gasteiger partial charge >= 0.3 is 0 Å². The van der Waals surface area contributed by atoms with Gasteiger partial charge < -0.3 is 19.1 Å². The molecule has 0 bridgehead atoms. The van der Waals surface area contributed by atoms with E-state index in [1.807, 2.05) is 23.1 Å². The van der Waals surface area contributed by atoms with Crippen molar-refractivity contribution in [3.63, 3.8) is 0 Å². The van der Waals surface area contributed by atoms with Gasteiger partial charge in [-0.15, -0.1) is 0 Å². The summed E-state index contributed by atoms with van der Waals surface area (Å²) in [5.41, 5.74) is 0.956. The number of nitrogens with zero attached hydrogens (tertiary/aromatic N) is 2. The second-order valence-corrected chi connectivity index (χ2v) is 10.2. The van der Waals surface area contributed by atoms with Gasteiger partial charge in [-0.3, -0.25) is 9.69 Å². The van der Waals surface area contributed by atoms with Crippen LogP contribution in [0.15, 0.2) is 42.5 Å². The lowest BCUT2D eigenvalue weighted by molar-refractivity contribution is -0.127. The van der Waals surface area contributed by atoms with E-state index in [0.29, 0.717) is 35.4 Å². The molecule has 8 heteroatoms. The highest BCUT2D eigenvalue weighted by atomic mass is 35.5. The third-order valence-corrected chi connectivity index (χ3v) is 7.67. The fourth-order valence-electron chi connectivity index (χ4n) is 4.64. The molecule has 0 radical (unpaired) electrons. The molecule has 35 heavy (non-hydrogen) atoms. The summed E-state index contributed by atoms with van der Waals surface area (Å²) < 4.78 is 17.8. The molecule has 4 rings (SSSR count). The number of hydrogen-bond acceptors (Lipinski definition) is 5. The number of hydrogen-bond donors (Lipinski definition) is 0. The summed E-state index contributed by atoms with van der Waals surface area (Å²) in [4.78, 5) is 16.0. The minimum absolute atomic E-state index is 0.272. The van der Waals surface area contributed by atoms with Crippen LogP contribution in [-0.4, -0.2) is 67.8 Å². The molecule has 0 unspecified atom stereocenters. The van der Waals surface area contributed by atoms with Crippen LogP contribution >= 0.6 is 23.2 Å². The first-order valence-electron chi connectivity index (χ1n) is 12.3. The number of rotatable bonds is 11. The van der Waals surface area contributed by atoms with Gasteiger partial charge in [-0.25, -0.2) is 0 Å². The Bertz CT molecular complexity index is 978. The van der Waals surface area contributed by atoms with Crippen LogP contribution < -0.4 is 9.47 Å². The molecule has 1 amide bonds. The molecule has 0 aromatic heterocycles. The predicted molar refractivity (Wildman–Crippen MR) is 139 cm³/mol. The Labute approximate surface area is 218 Å². The van der Waals surface area contributed by atoms with E-state index in [1.165, 1.54) is 5.56 Å². The molecule has 2 aromatic carbocycles. The molecular formula is C27H34Cl2N2O4. The van der Waals surface area contributed by atoms with Crippen LogP contribution in [0.5, 0.6) is 11.5 Å². The topological polar surface area (TPSA) is 51.2 Å². The van der Waals surface area contributed by atoms with Crippen molar-refractivity contribution in [3.8, 4) is 11.5 Å². The third kappa shape index (κ3) is 7.26. The molecule has 0 spiro atoms. The van der Waals surface area contributed by atoms with Crippen molar-refractivity contribution in [2.45, 2.75) is 44.2 Å². The molecule has 2 aliphatic heterocycles. The van der Waals surface area contributed by atoms with Gasteiger partial charge in [0.2, 0.25) is 5.91 Å². The number of ether oxygens (including phenoxy) is 3. The van der Waals surface area contributed by atoms with Gasteiger partial charge in [-0.2, -0.15) is 0 Å². The minimum Gasteiger partial charge on any atom is -0.494 e. The van der Waals surface area contributed by atoms with E-state index in [4.69, 9.17) is 37.4 Å². The van der Waals surface area contributed by atoms with E-state index in [-0.39, 0.29) is 11.5 Å². The smallest absolute Gasteiger partial charge is 0.222 e. The van der Waals surface area contributed by atoms with Crippen LogP contribution in [0.2, 0.25) is 10.0 Å². The zero-order valence-corrected chi connectivity index (χ0v) is 21.8. The monoisotopic (exact) mass is 520 g/mol. The van der Waals surface area contributed by atoms with Crippen LogP contribution in [0, 0.1) is 0 Å². The summed E-state index contributed by atoms with van der Waals surface area (Å²) in [7, 11) is 1.76. The van der Waals surface area contributed by atoms with Gasteiger partial charge in [-0.05, 0) is 55.5 Å². The first kappa shape index (κ1) is 26.1. The standard InChI is InChI=1S/C27H34Cl2N2O4/c1-33-27(20-35-23-9-10-24(28)25(29)18-23)11-15-30(16-12-27)19-21-5-7-22(8-6-21)34-17-3-14-31-13-2-4-26(31)32/h5-10,18H,2-4,11-17,19-20H2,1H3. The largest absolute Gasteiger partial charge is 0.494 e. The SMILES string of the molecule is COC1(COc2ccc(Cl)c(Cl)c2)CCN(Cc2ccc(OCCCN3CCCC3=O)cc2)CC1. The van der Waals surface area contributed by atoms with E-state index in [0.717, 1.165) is 64.2 Å². The third-order valence-electron chi connectivity index (χ3n) is 6.94. The highest BCUT2D eigenvalue weighted by Crippen LogP contribution is 2.30. The second kappa shape index (κ2) is 12.3. The van der Waals surface area contributed by atoms with E-state index in [2.05, 4.69) is 17.0 Å². The number of methoxy groups -OCH3 is 1. The fourth-order valence-corrected chi connectivity index (χ4v) is 4.93. The first-order valence-corrected chi connectivity index (χ1v) is 13.1. The number of carbonyl (C=O) groups is 1. The number of benzene rings is 2. The average Bonchev–Trinajstić information content (AvgIpc) is 3.29. The summed E-state index contributed by atoms with van der Waals surface area (Å²) in [6.45, 7) is 5.54. The van der Waals surface area contributed by atoms with Gasteiger partial charge in [-0.1, -0.05) is 35.3 Å². The molecule has 6 nitrogen and oxygen atoms in total. The Morgan fingerprint density at radius 2 is 1.69 bits per heavy atom. The molecule has 2 aromatic rings. The van der Waals surface area contributed by atoms with Crippen molar-refractivity contribution in [1.82, 2.24) is 9.80 Å². The maximum Gasteiger partial charge on any atom is 0.222 e. The molecule has 0 saturated carbocycles. The summed E-state index contributed by atoms with van der Waals surface area (Å²) in [6, 6.07) is 13.6. The lowest BCUT2D eigenvalue weighted by atomic mass is 9.91. The number of carbonyl (C=O) groups excluding carboxylic acids is 1. The highest BCUT2D eigenvalue weighted by molar-refractivity contribution is 6.42. The Morgan fingerprint density at radius 1 is 0.943 bits per heavy atom. The van der Waals surface area contributed by atoms with Gasteiger partial charge in [0.25, 0.3) is 0 Å². The van der Waals surface area contributed by atoms with Crippen molar-refractivity contribution in [2.24, 2.45) is 0 Å². The van der Waals surface area contributed by atoms with Crippen LogP contribution in [0.25, 0.3) is 0 Å². The van der Waals surface area contributed by atoms with Crippen molar-refractivity contribution < 1.29 is 19.0 Å². The number of piperidine rings is 1. The molecular weight excluding hydrogens is 487 g/mol. The number of likely N-dealkylation sites (tertiary alicyclic amines) is 2. The molecule has 2 aliphatic rings. The Morgan fingerprint density at radius 3 is 2.34 bits per heavy atom. The summed E-state index contributed by atoms with van der Waals surface area (Å²) in [5, 5.41) is 1.00. The lowest BCUT2D eigenvalue weighted by Gasteiger charge is -2.40. The molecule has 2 heterocycles. The molecule has 2 fully saturated rings. The van der Waals surface area contributed by atoms with Gasteiger partial charge in [0.15, 0.2) is 0 Å². The Hall–Kier alpha value is -1.99. The highest BCUT2D eigenvalue weighted by Gasteiger charge is 2.35. The first-order chi connectivity index (χ1) is 17.0. The van der Waals surface area contributed by atoms with Crippen molar-refractivity contribution in [2.75, 3.05) is 46.5 Å². The van der Waals surface area contributed by atoms with Crippen LogP contribution in [0.1, 0.15) is 37.7 Å². The maximum atomic E-state index is 11.7. The van der Waals surface area contributed by atoms with Gasteiger partial charge in [0.05, 0.1) is 16.7 Å². The second-order valence-electron chi connectivity index (χ2n) is 9.36. The Balaban J connectivity index is 1.18. The number of amides is 1. The van der Waals surface area contributed by atoms with Crippen molar-refractivity contribution in [3.05, 3.63) is 58.1 Å². The Kier molecular flexibility index (Phi) is 9.17. The molecule has 2 saturated heterocycles. The minimum atomic E-state index is -0.306. The van der Waals surface area contributed by atoms with Crippen molar-refractivity contribution >= 4 is 29.1 Å². The molecule has 190 valence electrons. The summed E-state index contributed by atoms with van der Waals surface area (Å²) >= 11 is 12.1. The van der Waals surface area contributed by atoms with Gasteiger partial charge in [0.1, 0.15) is 23.7 Å². The van der Waals surface area contributed by atoms with E-state index in [9.17, 15) is 4.79 Å². The van der Waals surface area contributed by atoms with Crippen LogP contribution in [-0.2, 0) is 16.1 Å². The van der Waals surface area contributed by atoms with Crippen LogP contribution in [0.4, 0.5) is 0 Å². The summed E-state index contributed by atoms with van der Waals surface area (Å²) in [6.07, 6.45) is 4.32. The summed E-state index contributed by atoms with van der Waals surface area (Å²) in [5.74, 6) is 1.84. The van der Waals surface area contributed by atoms with E-state index >= 15 is 0 Å². The van der Waals surface area contributed by atoms with Crippen LogP contribution in [0.3, 0.4) is 0 Å². The lowest BCUT2D eigenvalue weighted by Crippen LogP contribution is -2.48. The van der Waals surface area contributed by atoms with E-state index < -0.39 is 0 Å². The molecule has 0 atom stereocenters. The number of halogens is 2. The molecule has 0 N–H and O–H groups in total. The molecule has 0 aliphatic carbocycles. The fraction of sp³-hybridized carbons (Fsp3) is 0.519. The zero-order chi connectivity index (χ0) is 24.7. The van der Waals surface area contributed by atoms with Crippen molar-refractivity contribution in [1.29, 1.82) is 0 Å². The zero-order valence-electron chi connectivity index (χ0n) is 20.3. The average molecular weight is 521 g/mol. The van der Waals surface area contributed by atoms with E-state index in [1.54, 1.807) is 19.2 Å². The predicted octanol–water partition coefficient (Wildman–Crippen LogP) is 5.44.